The molecule has 0 aromatic heterocycles. The van der Waals surface area contributed by atoms with E-state index in [9.17, 15) is 24.3 Å². The predicted molar refractivity (Wildman–Crippen MR) is 195 cm³/mol. The lowest BCUT2D eigenvalue weighted by Gasteiger charge is -2.14. The smallest absolute Gasteiger partial charge is 0.338 e. The van der Waals surface area contributed by atoms with E-state index < -0.39 is 17.9 Å². The standard InChI is InChI=1S/C41H52O11/c1-25(2)18-47-24-38(43)31-12-32(39(44)50-19-26(3)4)15-36(14-31)48-22-29-9-30(11-35(42)10-29)23-49-37-16-33(40(45)51-20-27(5)6)13-34(17-37)41(46)52-21-28(7)8/h9-17,25-28,42H,18-24H2,1-8H3. The molecule has 11 nitrogen and oxygen atoms in total. The van der Waals surface area contributed by atoms with E-state index >= 15 is 0 Å². The fourth-order valence-corrected chi connectivity index (χ4v) is 4.57. The van der Waals surface area contributed by atoms with E-state index in [1.807, 2.05) is 55.4 Å². The highest BCUT2D eigenvalue weighted by molar-refractivity contribution is 6.00. The number of ether oxygens (including phenoxy) is 6. The molecule has 0 aliphatic carbocycles. The number of hydrogen-bond acceptors (Lipinski definition) is 11. The van der Waals surface area contributed by atoms with Gasteiger partial charge in [0.2, 0.25) is 0 Å². The summed E-state index contributed by atoms with van der Waals surface area (Å²) in [5.74, 6) is -1.03. The van der Waals surface area contributed by atoms with Crippen LogP contribution in [-0.4, -0.2) is 61.8 Å². The topological polar surface area (TPSA) is 144 Å². The van der Waals surface area contributed by atoms with Gasteiger partial charge in [-0.15, -0.1) is 0 Å². The fourth-order valence-electron chi connectivity index (χ4n) is 4.57. The largest absolute Gasteiger partial charge is 0.508 e. The molecule has 0 saturated heterocycles. The first-order valence-electron chi connectivity index (χ1n) is 17.6. The summed E-state index contributed by atoms with van der Waals surface area (Å²) in [5.41, 5.74) is 1.82. The Hall–Kier alpha value is -4.90. The Kier molecular flexibility index (Phi) is 16.1. The van der Waals surface area contributed by atoms with Crippen LogP contribution in [-0.2, 0) is 32.2 Å². The highest BCUT2D eigenvalue weighted by Gasteiger charge is 2.19. The maximum Gasteiger partial charge on any atom is 0.338 e. The molecule has 0 fully saturated rings. The molecule has 0 bridgehead atoms. The summed E-state index contributed by atoms with van der Waals surface area (Å²) < 4.78 is 33.7. The number of benzene rings is 3. The van der Waals surface area contributed by atoms with Crippen LogP contribution in [0.1, 0.15) is 108 Å². The van der Waals surface area contributed by atoms with Gasteiger partial charge in [-0.2, -0.15) is 0 Å². The van der Waals surface area contributed by atoms with Crippen molar-refractivity contribution in [3.05, 3.63) is 88.0 Å². The summed E-state index contributed by atoms with van der Waals surface area (Å²) in [5, 5.41) is 10.5. The summed E-state index contributed by atoms with van der Waals surface area (Å²) in [6.07, 6.45) is 0. The van der Waals surface area contributed by atoms with Gasteiger partial charge < -0.3 is 33.5 Å². The van der Waals surface area contributed by atoms with Crippen molar-refractivity contribution in [2.75, 3.05) is 33.0 Å². The van der Waals surface area contributed by atoms with Crippen molar-refractivity contribution in [2.45, 2.75) is 68.6 Å². The molecule has 282 valence electrons. The average Bonchev–Trinajstić information content (AvgIpc) is 3.09. The van der Waals surface area contributed by atoms with Gasteiger partial charge in [-0.25, -0.2) is 14.4 Å². The summed E-state index contributed by atoms with van der Waals surface area (Å²) in [6, 6.07) is 13.7. The Balaban J connectivity index is 1.81. The lowest BCUT2D eigenvalue weighted by Crippen LogP contribution is -2.15. The minimum Gasteiger partial charge on any atom is -0.508 e. The van der Waals surface area contributed by atoms with E-state index in [1.54, 1.807) is 6.07 Å². The number of ketones is 1. The van der Waals surface area contributed by atoms with E-state index in [0.29, 0.717) is 17.7 Å². The number of phenolic OH excluding ortho intramolecular Hbond substituents is 1. The lowest BCUT2D eigenvalue weighted by molar-refractivity contribution is 0.0445. The Labute approximate surface area is 306 Å². The summed E-state index contributed by atoms with van der Waals surface area (Å²) in [4.78, 5) is 51.5. The van der Waals surface area contributed by atoms with Crippen molar-refractivity contribution < 1.29 is 52.7 Å². The third-order valence-corrected chi connectivity index (χ3v) is 7.02. The predicted octanol–water partition coefficient (Wildman–Crippen LogP) is 7.84. The molecule has 0 amide bonds. The summed E-state index contributed by atoms with van der Waals surface area (Å²) >= 11 is 0. The number of aromatic hydroxyl groups is 1. The Morgan fingerprint density at radius 3 is 1.25 bits per heavy atom. The molecule has 0 saturated carbocycles. The molecule has 0 heterocycles. The normalized spacial score (nSPS) is 11.2. The van der Waals surface area contributed by atoms with Gasteiger partial charge >= 0.3 is 17.9 Å². The van der Waals surface area contributed by atoms with E-state index in [1.165, 1.54) is 48.5 Å². The number of esters is 3. The monoisotopic (exact) mass is 720 g/mol. The van der Waals surface area contributed by atoms with Gasteiger partial charge in [0.25, 0.3) is 0 Å². The highest BCUT2D eigenvalue weighted by Crippen LogP contribution is 2.25. The number of Topliss-reactive ketones (excluding diaryl/α,β-unsaturated/α-hetero) is 1. The van der Waals surface area contributed by atoms with Crippen LogP contribution in [0.2, 0.25) is 0 Å². The zero-order valence-electron chi connectivity index (χ0n) is 31.5. The summed E-state index contributed by atoms with van der Waals surface area (Å²) in [7, 11) is 0. The third-order valence-electron chi connectivity index (χ3n) is 7.02. The Morgan fingerprint density at radius 2 is 0.865 bits per heavy atom. The van der Waals surface area contributed by atoms with Gasteiger partial charge in [0.05, 0.1) is 36.5 Å². The third kappa shape index (κ3) is 14.4. The SMILES string of the molecule is CC(C)COCC(=O)c1cc(OCc2cc(O)cc(COc3cc(C(=O)OCC(C)C)cc(C(=O)OCC(C)C)c3)c2)cc(C(=O)OCC(C)C)c1. The van der Waals surface area contributed by atoms with Crippen LogP contribution in [0.25, 0.3) is 0 Å². The average molecular weight is 721 g/mol. The molecule has 3 rings (SSSR count). The zero-order valence-corrected chi connectivity index (χ0v) is 31.5. The lowest BCUT2D eigenvalue weighted by atomic mass is 10.1. The minimum atomic E-state index is -0.598. The van der Waals surface area contributed by atoms with Gasteiger partial charge in [0.1, 0.15) is 37.1 Å². The molecular formula is C41H52O11. The first-order chi connectivity index (χ1) is 24.6. The zero-order chi connectivity index (χ0) is 38.4. The van der Waals surface area contributed by atoms with Crippen molar-refractivity contribution in [1.29, 1.82) is 0 Å². The molecule has 11 heteroatoms. The Bertz CT molecular complexity index is 1630. The van der Waals surface area contributed by atoms with Gasteiger partial charge in [0, 0.05) is 12.2 Å². The Morgan fingerprint density at radius 1 is 0.500 bits per heavy atom. The minimum absolute atomic E-state index is 0.0214. The van der Waals surface area contributed by atoms with E-state index in [2.05, 4.69) is 0 Å². The van der Waals surface area contributed by atoms with Crippen molar-refractivity contribution in [3.8, 4) is 17.2 Å². The molecule has 0 aliphatic heterocycles. The highest BCUT2D eigenvalue weighted by atomic mass is 16.5. The van der Waals surface area contributed by atoms with E-state index in [4.69, 9.17) is 28.4 Å². The maximum atomic E-state index is 13.0. The molecule has 3 aromatic carbocycles. The van der Waals surface area contributed by atoms with Crippen molar-refractivity contribution in [3.63, 3.8) is 0 Å². The van der Waals surface area contributed by atoms with E-state index in [-0.39, 0.29) is 109 Å². The molecule has 0 spiro atoms. The number of hydrogen-bond donors (Lipinski definition) is 1. The second kappa shape index (κ2) is 20.2. The van der Waals surface area contributed by atoms with Crippen molar-refractivity contribution in [1.82, 2.24) is 0 Å². The second-order valence-corrected chi connectivity index (χ2v) is 14.4. The van der Waals surface area contributed by atoms with Crippen LogP contribution < -0.4 is 9.47 Å². The van der Waals surface area contributed by atoms with Crippen LogP contribution in [0, 0.1) is 23.7 Å². The first kappa shape index (κ1) is 41.5. The fraction of sp³-hybridized carbons (Fsp3) is 0.463. The maximum absolute atomic E-state index is 13.0. The number of phenols is 1. The molecule has 0 aliphatic rings. The van der Waals surface area contributed by atoms with Gasteiger partial charge in [-0.1, -0.05) is 55.4 Å². The quantitative estimate of drug-likeness (QED) is 0.0692. The van der Waals surface area contributed by atoms with Crippen LogP contribution in [0.3, 0.4) is 0 Å². The van der Waals surface area contributed by atoms with Crippen molar-refractivity contribution >= 4 is 23.7 Å². The number of rotatable bonds is 20. The molecule has 0 unspecified atom stereocenters. The first-order valence-corrected chi connectivity index (χ1v) is 17.6. The molecule has 0 atom stereocenters. The molecule has 52 heavy (non-hydrogen) atoms. The van der Waals surface area contributed by atoms with Crippen molar-refractivity contribution in [2.24, 2.45) is 23.7 Å². The number of carbonyl (C=O) groups excluding carboxylic acids is 4. The van der Waals surface area contributed by atoms with Crippen LogP contribution in [0.4, 0.5) is 0 Å². The van der Waals surface area contributed by atoms with Crippen LogP contribution in [0.15, 0.2) is 54.6 Å². The molecule has 0 radical (unpaired) electrons. The van der Waals surface area contributed by atoms with Gasteiger partial charge in [-0.05, 0) is 89.4 Å². The van der Waals surface area contributed by atoms with Gasteiger partial charge in [-0.3, -0.25) is 4.79 Å². The van der Waals surface area contributed by atoms with Crippen LogP contribution in [0.5, 0.6) is 17.2 Å². The molecule has 3 aromatic rings. The van der Waals surface area contributed by atoms with E-state index in [0.717, 1.165) is 0 Å². The van der Waals surface area contributed by atoms with Crippen LogP contribution >= 0.6 is 0 Å². The van der Waals surface area contributed by atoms with Gasteiger partial charge in [0.15, 0.2) is 5.78 Å². The second-order valence-electron chi connectivity index (χ2n) is 14.4. The molecule has 1 N–H and O–H groups in total. The summed E-state index contributed by atoms with van der Waals surface area (Å²) in [6.45, 7) is 16.3. The number of carbonyl (C=O) groups is 4. The molecular weight excluding hydrogens is 668 g/mol.